The lowest BCUT2D eigenvalue weighted by Gasteiger charge is -2.26. The predicted octanol–water partition coefficient (Wildman–Crippen LogP) is 4.44. The van der Waals surface area contributed by atoms with Gasteiger partial charge in [-0.15, -0.1) is 0 Å². The molecule has 4 rings (SSSR count). The summed E-state index contributed by atoms with van der Waals surface area (Å²) in [4.78, 5) is 50.7. The van der Waals surface area contributed by atoms with Crippen molar-refractivity contribution in [3.8, 4) is 11.3 Å². The van der Waals surface area contributed by atoms with Crippen LogP contribution in [0.5, 0.6) is 0 Å². The smallest absolute Gasteiger partial charge is 0.338 e. The first-order chi connectivity index (χ1) is 15.9. The van der Waals surface area contributed by atoms with Crippen LogP contribution in [0, 0.1) is 0 Å². The molecule has 3 aromatic rings. The van der Waals surface area contributed by atoms with Crippen LogP contribution >= 0.6 is 11.6 Å². The molecule has 0 bridgehead atoms. The number of halogens is 1. The summed E-state index contributed by atoms with van der Waals surface area (Å²) in [5.74, 6) is -1.65. The van der Waals surface area contributed by atoms with Crippen LogP contribution in [0.15, 0.2) is 70.7 Å². The summed E-state index contributed by atoms with van der Waals surface area (Å²) >= 11 is 5.97. The summed E-state index contributed by atoms with van der Waals surface area (Å²) in [5.41, 5.74) is 0.730. The van der Waals surface area contributed by atoms with E-state index in [1.54, 1.807) is 55.5 Å². The molecule has 0 spiro atoms. The van der Waals surface area contributed by atoms with E-state index >= 15 is 0 Å². The number of anilines is 1. The summed E-state index contributed by atoms with van der Waals surface area (Å²) in [6.07, 6.45) is 1.23. The largest absolute Gasteiger partial charge is 0.462 e. The van der Waals surface area contributed by atoms with Gasteiger partial charge in [0.05, 0.1) is 17.9 Å². The van der Waals surface area contributed by atoms with E-state index in [9.17, 15) is 19.2 Å². The molecule has 2 heterocycles. The highest BCUT2D eigenvalue weighted by atomic mass is 35.5. The molecule has 33 heavy (non-hydrogen) atoms. The molecule has 166 valence electrons. The zero-order valence-corrected chi connectivity index (χ0v) is 18.1. The second kappa shape index (κ2) is 9.13. The molecule has 8 nitrogen and oxygen atoms in total. The Morgan fingerprint density at radius 1 is 1.09 bits per heavy atom. The monoisotopic (exact) mass is 464 g/mol. The number of esters is 1. The van der Waals surface area contributed by atoms with E-state index in [1.165, 1.54) is 18.2 Å². The Labute approximate surface area is 193 Å². The van der Waals surface area contributed by atoms with Gasteiger partial charge in [0, 0.05) is 10.6 Å². The molecule has 2 aromatic carbocycles. The molecule has 0 unspecified atom stereocenters. The first-order valence-corrected chi connectivity index (χ1v) is 10.3. The van der Waals surface area contributed by atoms with Crippen LogP contribution in [0.25, 0.3) is 17.4 Å². The quantitative estimate of drug-likeness (QED) is 0.340. The van der Waals surface area contributed by atoms with Gasteiger partial charge in [0.1, 0.15) is 17.1 Å². The number of ether oxygens (including phenoxy) is 1. The molecule has 0 radical (unpaired) electrons. The molecule has 0 aliphatic carbocycles. The Bertz CT molecular complexity index is 1310. The lowest BCUT2D eigenvalue weighted by molar-refractivity contribution is -0.122. The van der Waals surface area contributed by atoms with Gasteiger partial charge in [-0.25, -0.2) is 14.5 Å². The second-order valence-corrected chi connectivity index (χ2v) is 7.34. The highest BCUT2D eigenvalue weighted by Gasteiger charge is 2.37. The van der Waals surface area contributed by atoms with E-state index in [4.69, 9.17) is 20.8 Å². The SMILES string of the molecule is CCOC(=O)c1ccccc1-c1ccc(/C=C2/C(=O)NC(=O)N(c3cccc(Cl)c3)C2=O)o1. The number of urea groups is 1. The van der Waals surface area contributed by atoms with Crippen LogP contribution in [0.2, 0.25) is 5.02 Å². The van der Waals surface area contributed by atoms with Gasteiger partial charge in [0.15, 0.2) is 0 Å². The maximum atomic E-state index is 13.0. The zero-order chi connectivity index (χ0) is 23.5. The molecular weight excluding hydrogens is 448 g/mol. The Kier molecular flexibility index (Phi) is 6.10. The van der Waals surface area contributed by atoms with E-state index in [0.717, 1.165) is 4.90 Å². The summed E-state index contributed by atoms with van der Waals surface area (Å²) in [5, 5.41) is 2.46. The zero-order valence-electron chi connectivity index (χ0n) is 17.3. The van der Waals surface area contributed by atoms with Crippen LogP contribution < -0.4 is 10.2 Å². The van der Waals surface area contributed by atoms with Crippen molar-refractivity contribution >= 4 is 47.2 Å². The Balaban J connectivity index is 1.68. The van der Waals surface area contributed by atoms with Crippen molar-refractivity contribution in [2.45, 2.75) is 6.92 Å². The van der Waals surface area contributed by atoms with Crippen LogP contribution in [0.3, 0.4) is 0 Å². The molecule has 4 amide bonds. The van der Waals surface area contributed by atoms with E-state index < -0.39 is 23.8 Å². The van der Waals surface area contributed by atoms with Crippen LogP contribution in [-0.2, 0) is 14.3 Å². The molecule has 1 N–H and O–H groups in total. The number of nitrogens with zero attached hydrogens (tertiary/aromatic N) is 1. The van der Waals surface area contributed by atoms with Gasteiger partial charge in [0.25, 0.3) is 11.8 Å². The molecule has 0 saturated carbocycles. The lowest BCUT2D eigenvalue weighted by Crippen LogP contribution is -2.54. The molecule has 9 heteroatoms. The van der Waals surface area contributed by atoms with Crippen LogP contribution in [-0.4, -0.2) is 30.4 Å². The topological polar surface area (TPSA) is 106 Å². The van der Waals surface area contributed by atoms with E-state index in [-0.39, 0.29) is 23.6 Å². The number of carbonyl (C=O) groups is 4. The second-order valence-electron chi connectivity index (χ2n) is 6.91. The maximum absolute atomic E-state index is 13.0. The number of furan rings is 1. The van der Waals surface area contributed by atoms with Gasteiger partial charge in [-0.1, -0.05) is 35.9 Å². The predicted molar refractivity (Wildman–Crippen MR) is 121 cm³/mol. The van der Waals surface area contributed by atoms with Gasteiger partial charge in [-0.3, -0.25) is 14.9 Å². The van der Waals surface area contributed by atoms with Crippen molar-refractivity contribution in [3.63, 3.8) is 0 Å². The van der Waals surface area contributed by atoms with Gasteiger partial charge >= 0.3 is 12.0 Å². The summed E-state index contributed by atoms with van der Waals surface area (Å²) in [7, 11) is 0. The van der Waals surface area contributed by atoms with Gasteiger partial charge in [0.2, 0.25) is 0 Å². The first-order valence-electron chi connectivity index (χ1n) is 9.92. The number of rotatable bonds is 5. The molecular formula is C24H17ClN2O6. The lowest BCUT2D eigenvalue weighted by atomic mass is 10.1. The highest BCUT2D eigenvalue weighted by Crippen LogP contribution is 2.29. The number of imide groups is 2. The molecule has 1 saturated heterocycles. The van der Waals surface area contributed by atoms with Gasteiger partial charge < -0.3 is 9.15 Å². The minimum Gasteiger partial charge on any atom is -0.462 e. The standard InChI is InChI=1S/C24H17ClN2O6/c1-2-32-23(30)18-9-4-3-8-17(18)20-11-10-16(33-20)13-19-21(28)26-24(31)27(22(19)29)15-7-5-6-14(25)12-15/h3-13H,2H2,1H3,(H,26,28,31)/b19-13-. The minimum atomic E-state index is -0.882. The van der Waals surface area contributed by atoms with Crippen molar-refractivity contribution in [2.75, 3.05) is 11.5 Å². The summed E-state index contributed by atoms with van der Waals surface area (Å²) in [6, 6.07) is 15.2. The minimum absolute atomic E-state index is 0.183. The third-order valence-electron chi connectivity index (χ3n) is 4.77. The fourth-order valence-electron chi connectivity index (χ4n) is 3.31. The number of amides is 4. The third-order valence-corrected chi connectivity index (χ3v) is 5.00. The third kappa shape index (κ3) is 4.42. The van der Waals surface area contributed by atoms with E-state index in [1.807, 2.05) is 0 Å². The molecule has 0 atom stereocenters. The fourth-order valence-corrected chi connectivity index (χ4v) is 3.49. The highest BCUT2D eigenvalue weighted by molar-refractivity contribution is 6.39. The number of hydrogen-bond acceptors (Lipinski definition) is 6. The van der Waals surface area contributed by atoms with Crippen LogP contribution in [0.4, 0.5) is 10.5 Å². The van der Waals surface area contributed by atoms with Crippen molar-refractivity contribution < 1.29 is 28.3 Å². The first kappa shape index (κ1) is 22.0. The Morgan fingerprint density at radius 3 is 2.64 bits per heavy atom. The van der Waals surface area contributed by atoms with Crippen molar-refractivity contribution in [1.29, 1.82) is 0 Å². The Hall–Kier alpha value is -4.17. The number of hydrogen-bond donors (Lipinski definition) is 1. The molecule has 1 aromatic heterocycles. The van der Waals surface area contributed by atoms with Gasteiger partial charge in [-0.05, 0) is 49.4 Å². The van der Waals surface area contributed by atoms with Crippen molar-refractivity contribution in [1.82, 2.24) is 5.32 Å². The number of nitrogens with one attached hydrogen (secondary N) is 1. The number of carbonyl (C=O) groups excluding carboxylic acids is 4. The maximum Gasteiger partial charge on any atom is 0.338 e. The Morgan fingerprint density at radius 2 is 1.88 bits per heavy atom. The van der Waals surface area contributed by atoms with Crippen LogP contribution in [0.1, 0.15) is 23.0 Å². The summed E-state index contributed by atoms with van der Waals surface area (Å²) < 4.78 is 10.9. The number of barbiturate groups is 1. The molecule has 1 fully saturated rings. The normalized spacial score (nSPS) is 15.0. The summed E-state index contributed by atoms with van der Waals surface area (Å²) in [6.45, 7) is 1.93. The molecule has 1 aliphatic rings. The average molecular weight is 465 g/mol. The van der Waals surface area contributed by atoms with Gasteiger partial charge in [-0.2, -0.15) is 0 Å². The van der Waals surface area contributed by atoms with Crippen molar-refractivity contribution in [2.24, 2.45) is 0 Å². The number of benzene rings is 2. The average Bonchev–Trinajstić information content (AvgIpc) is 3.25. The van der Waals surface area contributed by atoms with E-state index in [0.29, 0.717) is 21.9 Å². The molecule has 1 aliphatic heterocycles. The fraction of sp³-hybridized carbons (Fsp3) is 0.0833. The van der Waals surface area contributed by atoms with E-state index in [2.05, 4.69) is 5.32 Å². The van der Waals surface area contributed by atoms with Crippen molar-refractivity contribution in [3.05, 3.63) is 82.6 Å².